The van der Waals surface area contributed by atoms with Gasteiger partial charge in [-0.1, -0.05) is 29.7 Å². The number of halogens is 3. The number of aliphatic hydroxyl groups excluding tert-OH is 1. The van der Waals surface area contributed by atoms with Crippen LogP contribution < -0.4 is 0 Å². The van der Waals surface area contributed by atoms with E-state index >= 15 is 0 Å². The van der Waals surface area contributed by atoms with E-state index in [1.807, 2.05) is 6.20 Å². The molecule has 0 bridgehead atoms. The number of hydrogen-bond acceptors (Lipinski definition) is 13. The van der Waals surface area contributed by atoms with Crippen molar-refractivity contribution >= 4 is 23.7 Å². The van der Waals surface area contributed by atoms with E-state index in [4.69, 9.17) is 23.7 Å². The van der Waals surface area contributed by atoms with Crippen LogP contribution in [-0.4, -0.2) is 110 Å². The fraction of sp³-hybridized carbons (Fsp3) is 0.625. The Bertz CT molecular complexity index is 1630. The van der Waals surface area contributed by atoms with Crippen LogP contribution >= 0.6 is 11.8 Å². The number of carbonyl (C=O) groups is 2. The molecule has 272 valence electrons. The second-order valence-electron chi connectivity index (χ2n) is 12.7. The highest BCUT2D eigenvalue weighted by molar-refractivity contribution is 8.00. The van der Waals surface area contributed by atoms with Crippen molar-refractivity contribution in [1.29, 1.82) is 0 Å². The SMILES string of the molecule is COC(=O)C[C@H]1O[C@@H](S[C@@H]2COC[C@H](n3cc(C4CCCCC4)nn3)[C@H]2O)[C@H](OC)[C@@H](n2cc(-c3cc(F)c(F)c(F)c3)nn2)[C@H]1OC(C)=O. The molecule has 0 amide bonds. The van der Waals surface area contributed by atoms with E-state index in [0.717, 1.165) is 43.5 Å². The molecule has 1 aromatic carbocycles. The van der Waals surface area contributed by atoms with Crippen LogP contribution in [0, 0.1) is 17.5 Å². The molecule has 0 unspecified atom stereocenters. The first-order valence-electron chi connectivity index (χ1n) is 16.4. The minimum absolute atomic E-state index is 0.0150. The number of aliphatic hydroxyl groups is 1. The quantitative estimate of drug-likeness (QED) is 0.239. The number of ether oxygens (including phenoxy) is 5. The van der Waals surface area contributed by atoms with Crippen LogP contribution in [-0.2, 0) is 33.3 Å². The summed E-state index contributed by atoms with van der Waals surface area (Å²) in [6, 6.07) is 0.00883. The van der Waals surface area contributed by atoms with Crippen LogP contribution in [0.2, 0.25) is 0 Å². The third-order valence-electron chi connectivity index (χ3n) is 9.43. The number of thioether (sulfide) groups is 1. The van der Waals surface area contributed by atoms with Crippen molar-refractivity contribution in [2.75, 3.05) is 27.4 Å². The van der Waals surface area contributed by atoms with Crippen LogP contribution in [0.3, 0.4) is 0 Å². The number of aromatic nitrogens is 6. The molecular weight excluding hydrogens is 685 g/mol. The maximum Gasteiger partial charge on any atom is 0.308 e. The van der Waals surface area contributed by atoms with Crippen molar-refractivity contribution in [2.24, 2.45) is 0 Å². The van der Waals surface area contributed by atoms with Gasteiger partial charge in [0.25, 0.3) is 0 Å². The molecule has 50 heavy (non-hydrogen) atoms. The molecule has 2 aromatic heterocycles. The third-order valence-corrected chi connectivity index (χ3v) is 10.8. The zero-order valence-electron chi connectivity index (χ0n) is 27.7. The van der Waals surface area contributed by atoms with Crippen molar-refractivity contribution < 1.29 is 51.6 Å². The molecule has 3 aliphatic rings. The fourth-order valence-electron chi connectivity index (χ4n) is 6.88. The van der Waals surface area contributed by atoms with Gasteiger partial charge in [-0.15, -0.1) is 22.0 Å². The first-order valence-corrected chi connectivity index (χ1v) is 17.3. The Morgan fingerprint density at radius 1 is 1.00 bits per heavy atom. The van der Waals surface area contributed by atoms with E-state index in [-0.39, 0.29) is 30.9 Å². The molecule has 0 spiro atoms. The summed E-state index contributed by atoms with van der Waals surface area (Å²) in [5, 5.41) is 28.0. The molecule has 3 aromatic rings. The molecule has 18 heteroatoms. The molecule has 3 fully saturated rings. The highest BCUT2D eigenvalue weighted by Gasteiger charge is 2.52. The molecule has 8 atom stereocenters. The average Bonchev–Trinajstić information content (AvgIpc) is 3.80. The molecule has 2 aliphatic heterocycles. The van der Waals surface area contributed by atoms with Crippen LogP contribution in [0.1, 0.15) is 69.1 Å². The highest BCUT2D eigenvalue weighted by Crippen LogP contribution is 2.43. The standard InChI is InChI=1S/C32H39F3N6O8S/c1-16(42)48-30-24(11-26(43)45-2)49-32(31(46-3)28(30)41-13-22(37-39-41)18-9-19(33)27(35)20(34)10-18)50-25-15-47-14-23(29(25)44)40-12-21(36-38-40)17-7-5-4-6-8-17/h9-10,12-13,17,23-25,28-32,44H,4-8,11,14-15H2,1-3H3/t23-,24+,25+,28-,29+,30-,31+,32-/m0/s1. The van der Waals surface area contributed by atoms with Crippen molar-refractivity contribution in [3.05, 3.63) is 47.7 Å². The van der Waals surface area contributed by atoms with Gasteiger partial charge in [-0.05, 0) is 25.0 Å². The van der Waals surface area contributed by atoms with Crippen molar-refractivity contribution in [3.8, 4) is 11.3 Å². The van der Waals surface area contributed by atoms with Gasteiger partial charge in [0, 0.05) is 31.7 Å². The lowest BCUT2D eigenvalue weighted by atomic mass is 9.87. The number of hydrogen-bond donors (Lipinski definition) is 1. The number of rotatable bonds is 10. The van der Waals surface area contributed by atoms with Crippen molar-refractivity contribution in [3.63, 3.8) is 0 Å². The molecule has 2 saturated heterocycles. The van der Waals surface area contributed by atoms with Gasteiger partial charge in [0.2, 0.25) is 0 Å². The second-order valence-corrected chi connectivity index (χ2v) is 14.0. The maximum atomic E-state index is 14.1. The van der Waals surface area contributed by atoms with Gasteiger partial charge < -0.3 is 28.8 Å². The predicted octanol–water partition coefficient (Wildman–Crippen LogP) is 3.51. The Morgan fingerprint density at radius 2 is 1.72 bits per heavy atom. The lowest BCUT2D eigenvalue weighted by Gasteiger charge is -2.46. The summed E-state index contributed by atoms with van der Waals surface area (Å²) in [6.07, 6.45) is 4.30. The van der Waals surface area contributed by atoms with Gasteiger partial charge in [0.15, 0.2) is 23.6 Å². The number of esters is 2. The van der Waals surface area contributed by atoms with Gasteiger partial charge >= 0.3 is 11.9 Å². The highest BCUT2D eigenvalue weighted by atomic mass is 32.2. The van der Waals surface area contributed by atoms with Crippen LogP contribution in [0.15, 0.2) is 24.5 Å². The Balaban J connectivity index is 1.29. The summed E-state index contributed by atoms with van der Waals surface area (Å²) in [4.78, 5) is 24.9. The number of benzene rings is 1. The summed E-state index contributed by atoms with van der Waals surface area (Å²) >= 11 is 1.20. The molecule has 1 N–H and O–H groups in total. The van der Waals surface area contributed by atoms with Gasteiger partial charge in [-0.3, -0.25) is 9.59 Å². The second kappa shape index (κ2) is 15.8. The zero-order valence-corrected chi connectivity index (χ0v) is 28.5. The van der Waals surface area contributed by atoms with Crippen molar-refractivity contribution in [2.45, 2.75) is 98.6 Å². The van der Waals surface area contributed by atoms with Gasteiger partial charge in [0.05, 0.1) is 50.0 Å². The van der Waals surface area contributed by atoms with Crippen LogP contribution in [0.25, 0.3) is 11.3 Å². The largest absolute Gasteiger partial charge is 0.469 e. The van der Waals surface area contributed by atoms with E-state index < -0.39 is 76.6 Å². The monoisotopic (exact) mass is 724 g/mol. The minimum atomic E-state index is -1.63. The van der Waals surface area contributed by atoms with Gasteiger partial charge in [0.1, 0.15) is 35.4 Å². The Kier molecular flexibility index (Phi) is 11.4. The number of carbonyl (C=O) groups excluding carboxylic acids is 2. The summed E-state index contributed by atoms with van der Waals surface area (Å²) in [6.45, 7) is 1.54. The Morgan fingerprint density at radius 3 is 2.40 bits per heavy atom. The molecule has 1 aliphatic carbocycles. The van der Waals surface area contributed by atoms with Crippen LogP contribution in [0.4, 0.5) is 13.2 Å². The van der Waals surface area contributed by atoms with E-state index in [1.165, 1.54) is 50.2 Å². The molecular formula is C32H39F3N6O8S. The molecule has 1 saturated carbocycles. The third kappa shape index (κ3) is 7.68. The first kappa shape index (κ1) is 36.2. The fourth-order valence-corrected chi connectivity index (χ4v) is 8.37. The lowest BCUT2D eigenvalue weighted by molar-refractivity contribution is -0.203. The Labute approximate surface area is 289 Å². The predicted molar refractivity (Wildman–Crippen MR) is 169 cm³/mol. The summed E-state index contributed by atoms with van der Waals surface area (Å²) in [5.41, 5.74) is -0.123. The zero-order chi connectivity index (χ0) is 35.5. The smallest absolute Gasteiger partial charge is 0.308 e. The minimum Gasteiger partial charge on any atom is -0.469 e. The number of nitrogens with zero attached hydrogens (tertiary/aromatic N) is 6. The molecule has 14 nitrogen and oxygen atoms in total. The summed E-state index contributed by atoms with van der Waals surface area (Å²) in [5.74, 6) is -5.47. The van der Waals surface area contributed by atoms with Gasteiger partial charge in [-0.2, -0.15) is 0 Å². The van der Waals surface area contributed by atoms with Gasteiger partial charge in [-0.25, -0.2) is 22.5 Å². The topological polar surface area (TPSA) is 162 Å². The summed E-state index contributed by atoms with van der Waals surface area (Å²) < 4.78 is 73.7. The van der Waals surface area contributed by atoms with E-state index in [2.05, 4.69) is 20.6 Å². The molecule has 4 heterocycles. The summed E-state index contributed by atoms with van der Waals surface area (Å²) in [7, 11) is 2.61. The first-order chi connectivity index (χ1) is 24.1. The average molecular weight is 725 g/mol. The molecule has 0 radical (unpaired) electrons. The molecule has 6 rings (SSSR count). The van der Waals surface area contributed by atoms with Crippen molar-refractivity contribution in [1.82, 2.24) is 30.0 Å². The number of methoxy groups -OCH3 is 2. The van der Waals surface area contributed by atoms with Crippen LogP contribution in [0.5, 0.6) is 0 Å². The van der Waals surface area contributed by atoms with E-state index in [0.29, 0.717) is 5.92 Å². The normalized spacial score (nSPS) is 29.1. The maximum absolute atomic E-state index is 14.1. The Hall–Kier alpha value is -3.58. The van der Waals surface area contributed by atoms with E-state index in [1.54, 1.807) is 4.68 Å². The van der Waals surface area contributed by atoms with E-state index in [9.17, 15) is 27.9 Å². The lowest BCUT2D eigenvalue weighted by Crippen LogP contribution is -2.57.